The fraction of sp³-hybridized carbons (Fsp3) is 0.600. The monoisotopic (exact) mass is 265 g/mol. The normalized spacial score (nSPS) is 23.8. The molecule has 0 bridgehead atoms. The molecule has 0 heterocycles. The minimum atomic E-state index is -0.0989. The predicted molar refractivity (Wildman–Crippen MR) is 74.5 cm³/mol. The molecule has 0 amide bonds. The summed E-state index contributed by atoms with van der Waals surface area (Å²) in [4.78, 5) is 0. The van der Waals surface area contributed by atoms with Gasteiger partial charge in [0.1, 0.15) is 5.75 Å². The van der Waals surface area contributed by atoms with E-state index in [9.17, 15) is 0 Å². The summed E-state index contributed by atoms with van der Waals surface area (Å²) in [7, 11) is 3.35. The topological polar surface area (TPSA) is 53.7 Å². The van der Waals surface area contributed by atoms with Crippen molar-refractivity contribution in [2.75, 3.05) is 20.8 Å². The number of ether oxygens (including phenoxy) is 3. The van der Waals surface area contributed by atoms with Crippen LogP contribution in [0.25, 0.3) is 0 Å². The number of hydrogen-bond acceptors (Lipinski definition) is 4. The van der Waals surface area contributed by atoms with Crippen molar-refractivity contribution in [3.63, 3.8) is 0 Å². The van der Waals surface area contributed by atoms with Crippen molar-refractivity contribution in [2.45, 2.75) is 38.0 Å². The second-order valence-corrected chi connectivity index (χ2v) is 5.07. The van der Waals surface area contributed by atoms with Crippen molar-refractivity contribution in [3.8, 4) is 5.75 Å². The first kappa shape index (κ1) is 14.3. The lowest BCUT2D eigenvalue weighted by Crippen LogP contribution is -2.36. The lowest BCUT2D eigenvalue weighted by Gasteiger charge is -2.33. The summed E-state index contributed by atoms with van der Waals surface area (Å²) in [5.74, 6) is 0.847. The Bertz CT molecular complexity index is 422. The number of methoxy groups -OCH3 is 2. The van der Waals surface area contributed by atoms with Gasteiger partial charge in [-0.3, -0.25) is 0 Å². The van der Waals surface area contributed by atoms with Crippen molar-refractivity contribution in [2.24, 2.45) is 5.73 Å². The Labute approximate surface area is 114 Å². The molecule has 0 aliphatic heterocycles. The number of benzene rings is 1. The molecule has 1 aliphatic carbocycles. The molecule has 4 nitrogen and oxygen atoms in total. The number of fused-ring (bicyclic) bond motifs is 1. The summed E-state index contributed by atoms with van der Waals surface area (Å²) in [6.07, 6.45) is 2.06. The van der Waals surface area contributed by atoms with Crippen molar-refractivity contribution >= 4 is 0 Å². The van der Waals surface area contributed by atoms with Gasteiger partial charge in [-0.05, 0) is 43.0 Å². The first-order valence-electron chi connectivity index (χ1n) is 6.72. The van der Waals surface area contributed by atoms with E-state index in [2.05, 4.69) is 6.07 Å². The van der Waals surface area contributed by atoms with E-state index in [4.69, 9.17) is 19.9 Å². The molecule has 0 fully saturated rings. The van der Waals surface area contributed by atoms with Gasteiger partial charge in [0.15, 0.2) is 0 Å². The van der Waals surface area contributed by atoms with Gasteiger partial charge in [0.25, 0.3) is 0 Å². The van der Waals surface area contributed by atoms with Gasteiger partial charge in [-0.2, -0.15) is 0 Å². The van der Waals surface area contributed by atoms with Crippen LogP contribution in [0.15, 0.2) is 18.2 Å². The molecule has 1 aromatic rings. The van der Waals surface area contributed by atoms with Crippen LogP contribution in [0.5, 0.6) is 5.75 Å². The summed E-state index contributed by atoms with van der Waals surface area (Å²) in [6.45, 7) is 2.60. The van der Waals surface area contributed by atoms with Gasteiger partial charge in [-0.25, -0.2) is 0 Å². The molecule has 3 atom stereocenters. The van der Waals surface area contributed by atoms with E-state index in [1.54, 1.807) is 14.2 Å². The molecular formula is C15H23NO3. The van der Waals surface area contributed by atoms with E-state index in [1.807, 2.05) is 19.1 Å². The maximum Gasteiger partial charge on any atom is 0.119 e. The van der Waals surface area contributed by atoms with Crippen LogP contribution in [0.1, 0.15) is 30.5 Å². The van der Waals surface area contributed by atoms with Crippen LogP contribution in [-0.4, -0.2) is 33.0 Å². The van der Waals surface area contributed by atoms with E-state index in [0.717, 1.165) is 24.2 Å². The summed E-state index contributed by atoms with van der Waals surface area (Å²) in [5, 5.41) is 0. The zero-order chi connectivity index (χ0) is 13.8. The van der Waals surface area contributed by atoms with E-state index in [0.29, 0.717) is 6.61 Å². The molecule has 1 aromatic carbocycles. The predicted octanol–water partition coefficient (Wildman–Crippen LogP) is 2.06. The lowest BCUT2D eigenvalue weighted by molar-refractivity contribution is -0.0544. The number of hydrogen-bond donors (Lipinski definition) is 1. The Kier molecular flexibility index (Phi) is 4.80. The van der Waals surface area contributed by atoms with E-state index in [-0.39, 0.29) is 18.2 Å². The Morgan fingerprint density at radius 3 is 2.84 bits per heavy atom. The Morgan fingerprint density at radius 1 is 1.37 bits per heavy atom. The minimum absolute atomic E-state index is 0.0461. The Balaban J connectivity index is 2.11. The van der Waals surface area contributed by atoms with Crippen LogP contribution < -0.4 is 10.5 Å². The lowest BCUT2D eigenvalue weighted by atomic mass is 9.86. The minimum Gasteiger partial charge on any atom is -0.497 e. The van der Waals surface area contributed by atoms with Gasteiger partial charge in [0.05, 0.1) is 32.0 Å². The van der Waals surface area contributed by atoms with E-state index < -0.39 is 0 Å². The third-order valence-corrected chi connectivity index (χ3v) is 3.62. The second kappa shape index (κ2) is 6.37. The standard InChI is InChI=1S/C15H23NO3/c1-10(9-17-2)19-14-7-5-11-4-6-12(18-3)8-13(11)15(14)16/h4,6,8,10,14-15H,5,7,9,16H2,1-3H3. The van der Waals surface area contributed by atoms with Gasteiger partial charge >= 0.3 is 0 Å². The fourth-order valence-electron chi connectivity index (χ4n) is 2.64. The van der Waals surface area contributed by atoms with Gasteiger partial charge in [-0.15, -0.1) is 0 Å². The molecule has 1 aliphatic rings. The van der Waals surface area contributed by atoms with E-state index in [1.165, 1.54) is 5.56 Å². The van der Waals surface area contributed by atoms with Crippen molar-refractivity contribution in [3.05, 3.63) is 29.3 Å². The Hall–Kier alpha value is -1.10. The molecular weight excluding hydrogens is 242 g/mol. The highest BCUT2D eigenvalue weighted by atomic mass is 16.5. The molecule has 4 heteroatoms. The maximum atomic E-state index is 6.34. The van der Waals surface area contributed by atoms with Gasteiger partial charge in [0.2, 0.25) is 0 Å². The quantitative estimate of drug-likeness (QED) is 0.885. The molecule has 2 N–H and O–H groups in total. The largest absolute Gasteiger partial charge is 0.497 e. The number of nitrogens with two attached hydrogens (primary N) is 1. The van der Waals surface area contributed by atoms with Gasteiger partial charge < -0.3 is 19.9 Å². The van der Waals surface area contributed by atoms with Crippen molar-refractivity contribution < 1.29 is 14.2 Å². The molecule has 0 aromatic heterocycles. The van der Waals surface area contributed by atoms with Crippen LogP contribution >= 0.6 is 0 Å². The van der Waals surface area contributed by atoms with Crippen LogP contribution in [0.2, 0.25) is 0 Å². The van der Waals surface area contributed by atoms with Crippen LogP contribution in [0.3, 0.4) is 0 Å². The first-order valence-corrected chi connectivity index (χ1v) is 6.72. The van der Waals surface area contributed by atoms with Crippen LogP contribution in [0.4, 0.5) is 0 Å². The summed E-state index contributed by atoms with van der Waals surface area (Å²) < 4.78 is 16.4. The third kappa shape index (κ3) is 3.26. The second-order valence-electron chi connectivity index (χ2n) is 5.07. The van der Waals surface area contributed by atoms with Gasteiger partial charge in [-0.1, -0.05) is 6.07 Å². The van der Waals surface area contributed by atoms with Crippen LogP contribution in [-0.2, 0) is 15.9 Å². The first-order chi connectivity index (χ1) is 9.15. The number of rotatable bonds is 5. The van der Waals surface area contributed by atoms with Crippen molar-refractivity contribution in [1.29, 1.82) is 0 Å². The van der Waals surface area contributed by atoms with Gasteiger partial charge in [0, 0.05) is 7.11 Å². The fourth-order valence-corrected chi connectivity index (χ4v) is 2.64. The molecule has 19 heavy (non-hydrogen) atoms. The average molecular weight is 265 g/mol. The molecule has 106 valence electrons. The SMILES string of the molecule is COCC(C)OC1CCc2ccc(OC)cc2C1N. The molecule has 0 spiro atoms. The van der Waals surface area contributed by atoms with Crippen LogP contribution in [0, 0.1) is 0 Å². The summed E-state index contributed by atoms with van der Waals surface area (Å²) >= 11 is 0. The summed E-state index contributed by atoms with van der Waals surface area (Å²) in [6, 6.07) is 6.01. The summed E-state index contributed by atoms with van der Waals surface area (Å²) in [5.41, 5.74) is 8.78. The third-order valence-electron chi connectivity index (χ3n) is 3.62. The average Bonchev–Trinajstić information content (AvgIpc) is 2.42. The molecule has 0 saturated carbocycles. The van der Waals surface area contributed by atoms with E-state index >= 15 is 0 Å². The highest BCUT2D eigenvalue weighted by molar-refractivity contribution is 5.39. The zero-order valence-electron chi connectivity index (χ0n) is 11.9. The smallest absolute Gasteiger partial charge is 0.119 e. The molecule has 0 saturated heterocycles. The Morgan fingerprint density at radius 2 is 2.16 bits per heavy atom. The molecule has 0 radical (unpaired) electrons. The molecule has 3 unspecified atom stereocenters. The van der Waals surface area contributed by atoms with Crippen molar-refractivity contribution in [1.82, 2.24) is 0 Å². The highest BCUT2D eigenvalue weighted by Gasteiger charge is 2.29. The zero-order valence-corrected chi connectivity index (χ0v) is 11.9. The molecule has 2 rings (SSSR count). The number of aryl methyl sites for hydroxylation is 1. The highest BCUT2D eigenvalue weighted by Crippen LogP contribution is 2.33. The maximum absolute atomic E-state index is 6.34.